The van der Waals surface area contributed by atoms with Crippen molar-refractivity contribution >= 4 is 6.03 Å². The quantitative estimate of drug-likeness (QED) is 0.874. The summed E-state index contributed by atoms with van der Waals surface area (Å²) in [5, 5.41) is 5.78. The van der Waals surface area contributed by atoms with Gasteiger partial charge in [-0.15, -0.1) is 0 Å². The van der Waals surface area contributed by atoms with Crippen LogP contribution in [0.4, 0.5) is 4.79 Å². The van der Waals surface area contributed by atoms with Gasteiger partial charge in [0, 0.05) is 18.9 Å². The zero-order valence-electron chi connectivity index (χ0n) is 12.4. The Kier molecular flexibility index (Phi) is 4.68. The molecule has 1 aromatic heterocycles. The van der Waals surface area contributed by atoms with Crippen molar-refractivity contribution in [3.8, 4) is 0 Å². The summed E-state index contributed by atoms with van der Waals surface area (Å²) in [6, 6.07) is 1.65. The van der Waals surface area contributed by atoms with Crippen LogP contribution in [-0.4, -0.2) is 22.5 Å². The number of nitrogens with zero attached hydrogens (tertiary/aromatic N) is 2. The van der Waals surface area contributed by atoms with Gasteiger partial charge in [0.15, 0.2) is 0 Å². The first kappa shape index (κ1) is 14.3. The molecule has 2 N–H and O–H groups in total. The van der Waals surface area contributed by atoms with Gasteiger partial charge in [-0.3, -0.25) is 0 Å². The van der Waals surface area contributed by atoms with Crippen molar-refractivity contribution in [2.75, 3.05) is 6.54 Å². The van der Waals surface area contributed by atoms with Crippen molar-refractivity contribution in [1.82, 2.24) is 20.6 Å². The van der Waals surface area contributed by atoms with Crippen LogP contribution in [0.15, 0.2) is 18.5 Å². The van der Waals surface area contributed by atoms with Gasteiger partial charge in [-0.1, -0.05) is 32.1 Å². The Labute approximate surface area is 125 Å². The zero-order valence-corrected chi connectivity index (χ0v) is 12.4. The lowest BCUT2D eigenvalue weighted by atomic mass is 9.85. The minimum absolute atomic E-state index is 0.114. The number of aromatic nitrogens is 2. The van der Waals surface area contributed by atoms with Crippen LogP contribution in [0.2, 0.25) is 0 Å². The number of amides is 2. The van der Waals surface area contributed by atoms with Crippen molar-refractivity contribution in [1.29, 1.82) is 0 Å². The first-order valence-electron chi connectivity index (χ1n) is 8.10. The molecule has 1 aromatic rings. The molecule has 2 atom stereocenters. The minimum atomic E-state index is -0.114. The number of carbonyl (C=O) groups excluding carboxylic acids is 1. The third kappa shape index (κ3) is 4.16. The van der Waals surface area contributed by atoms with E-state index in [-0.39, 0.29) is 6.03 Å². The molecule has 3 rings (SSSR count). The molecule has 2 aliphatic carbocycles. The third-order valence-electron chi connectivity index (χ3n) is 4.78. The van der Waals surface area contributed by atoms with Crippen LogP contribution in [0, 0.1) is 17.8 Å². The van der Waals surface area contributed by atoms with Gasteiger partial charge in [0.2, 0.25) is 0 Å². The van der Waals surface area contributed by atoms with E-state index in [1.165, 1.54) is 38.5 Å². The molecule has 1 heterocycles. The lowest BCUT2D eigenvalue weighted by Gasteiger charge is -2.21. The Balaban J connectivity index is 1.32. The predicted molar refractivity (Wildman–Crippen MR) is 80.4 cm³/mol. The summed E-state index contributed by atoms with van der Waals surface area (Å²) in [6.45, 7) is 1.19. The maximum atomic E-state index is 11.8. The second kappa shape index (κ2) is 6.87. The molecule has 5 heteroatoms. The van der Waals surface area contributed by atoms with Crippen LogP contribution >= 0.6 is 0 Å². The molecule has 0 spiro atoms. The second-order valence-corrected chi connectivity index (χ2v) is 6.29. The molecule has 2 saturated carbocycles. The van der Waals surface area contributed by atoms with Gasteiger partial charge in [0.05, 0.1) is 6.54 Å². The second-order valence-electron chi connectivity index (χ2n) is 6.29. The summed E-state index contributed by atoms with van der Waals surface area (Å²) >= 11 is 0. The largest absolute Gasteiger partial charge is 0.338 e. The summed E-state index contributed by atoms with van der Waals surface area (Å²) in [5.74, 6) is 3.13. The van der Waals surface area contributed by atoms with E-state index in [4.69, 9.17) is 0 Å². The van der Waals surface area contributed by atoms with Crippen molar-refractivity contribution in [3.63, 3.8) is 0 Å². The molecule has 0 saturated heterocycles. The van der Waals surface area contributed by atoms with Gasteiger partial charge in [-0.25, -0.2) is 14.8 Å². The normalized spacial score (nSPS) is 25.3. The lowest BCUT2D eigenvalue weighted by Crippen LogP contribution is -2.36. The molecular formula is C16H24N4O. The van der Waals surface area contributed by atoms with Crippen molar-refractivity contribution < 1.29 is 4.79 Å². The summed E-state index contributed by atoms with van der Waals surface area (Å²) in [7, 11) is 0. The monoisotopic (exact) mass is 288 g/mol. The van der Waals surface area contributed by atoms with E-state index in [0.717, 1.165) is 18.4 Å². The molecule has 2 amide bonds. The molecular weight excluding hydrogens is 264 g/mol. The van der Waals surface area contributed by atoms with Crippen LogP contribution in [-0.2, 0) is 6.54 Å². The molecule has 0 radical (unpaired) electrons. The Bertz CT molecular complexity index is 459. The van der Waals surface area contributed by atoms with Gasteiger partial charge >= 0.3 is 6.03 Å². The standard InChI is InChI=1S/C16H24N4O/c21-16(20-11-15-17-7-4-8-18-15)19-10-13-9-14(13)12-5-2-1-3-6-12/h4,7-8,12-14H,1-3,5-6,9-11H2,(H2,19,20,21)/t13-,14-/m0/s1. The third-order valence-corrected chi connectivity index (χ3v) is 4.78. The Hall–Kier alpha value is -1.65. The Morgan fingerprint density at radius 1 is 1.14 bits per heavy atom. The van der Waals surface area contributed by atoms with Gasteiger partial charge in [-0.05, 0) is 30.2 Å². The first-order valence-corrected chi connectivity index (χ1v) is 8.10. The molecule has 0 unspecified atom stereocenters. The average Bonchev–Trinajstić information content (AvgIpc) is 3.32. The van der Waals surface area contributed by atoms with Gasteiger partial charge in [0.1, 0.15) is 5.82 Å². The van der Waals surface area contributed by atoms with E-state index < -0.39 is 0 Å². The SMILES string of the molecule is O=C(NCc1ncccn1)NC[C@@H]1C[C@H]1C1CCCCC1. The van der Waals surface area contributed by atoms with Crippen LogP contribution in [0.25, 0.3) is 0 Å². The van der Waals surface area contributed by atoms with E-state index in [1.54, 1.807) is 18.5 Å². The Morgan fingerprint density at radius 2 is 1.90 bits per heavy atom. The van der Waals surface area contributed by atoms with E-state index in [9.17, 15) is 4.79 Å². The van der Waals surface area contributed by atoms with Gasteiger partial charge in [-0.2, -0.15) is 0 Å². The molecule has 2 fully saturated rings. The van der Waals surface area contributed by atoms with Crippen molar-refractivity contribution in [2.24, 2.45) is 17.8 Å². The summed E-state index contributed by atoms with van der Waals surface area (Å²) < 4.78 is 0. The molecule has 21 heavy (non-hydrogen) atoms. The van der Waals surface area contributed by atoms with Crippen LogP contribution in [0.5, 0.6) is 0 Å². The fourth-order valence-electron chi connectivity index (χ4n) is 3.51. The zero-order chi connectivity index (χ0) is 14.5. The van der Waals surface area contributed by atoms with Crippen LogP contribution in [0.3, 0.4) is 0 Å². The van der Waals surface area contributed by atoms with Crippen molar-refractivity contribution in [3.05, 3.63) is 24.3 Å². The number of nitrogens with one attached hydrogen (secondary N) is 2. The summed E-state index contributed by atoms with van der Waals surface area (Å²) in [6.07, 6.45) is 11.7. The van der Waals surface area contributed by atoms with E-state index in [1.807, 2.05) is 0 Å². The lowest BCUT2D eigenvalue weighted by molar-refractivity contribution is 0.238. The molecule has 0 aliphatic heterocycles. The first-order chi connectivity index (χ1) is 10.3. The number of urea groups is 1. The summed E-state index contributed by atoms with van der Waals surface area (Å²) in [4.78, 5) is 19.9. The van der Waals surface area contributed by atoms with Crippen molar-refractivity contribution in [2.45, 2.75) is 45.1 Å². The smallest absolute Gasteiger partial charge is 0.315 e. The minimum Gasteiger partial charge on any atom is -0.338 e. The highest BCUT2D eigenvalue weighted by Crippen LogP contribution is 2.48. The summed E-state index contributed by atoms with van der Waals surface area (Å²) in [5.41, 5.74) is 0. The highest BCUT2D eigenvalue weighted by molar-refractivity contribution is 5.73. The van der Waals surface area contributed by atoms with Gasteiger partial charge in [0.25, 0.3) is 0 Å². The Morgan fingerprint density at radius 3 is 2.67 bits per heavy atom. The fourth-order valence-corrected chi connectivity index (χ4v) is 3.51. The average molecular weight is 288 g/mol. The number of rotatable bonds is 5. The van der Waals surface area contributed by atoms with Crippen LogP contribution < -0.4 is 10.6 Å². The van der Waals surface area contributed by atoms with Gasteiger partial charge < -0.3 is 10.6 Å². The molecule has 2 aliphatic rings. The topological polar surface area (TPSA) is 66.9 Å². The molecule has 0 aromatic carbocycles. The predicted octanol–water partition coefficient (Wildman–Crippen LogP) is 2.49. The number of hydrogen-bond donors (Lipinski definition) is 2. The number of carbonyl (C=O) groups is 1. The highest BCUT2D eigenvalue weighted by Gasteiger charge is 2.42. The molecule has 114 valence electrons. The maximum Gasteiger partial charge on any atom is 0.315 e. The van der Waals surface area contributed by atoms with E-state index in [0.29, 0.717) is 18.3 Å². The maximum absolute atomic E-state index is 11.8. The molecule has 0 bridgehead atoms. The van der Waals surface area contributed by atoms with E-state index in [2.05, 4.69) is 20.6 Å². The highest BCUT2D eigenvalue weighted by atomic mass is 16.2. The molecule has 5 nitrogen and oxygen atoms in total. The van der Waals surface area contributed by atoms with E-state index >= 15 is 0 Å². The fraction of sp³-hybridized carbons (Fsp3) is 0.688. The van der Waals surface area contributed by atoms with Crippen LogP contribution in [0.1, 0.15) is 44.3 Å². The number of hydrogen-bond acceptors (Lipinski definition) is 3.